The zero-order chi connectivity index (χ0) is 18.2. The maximum atomic E-state index is 12.0. The molecule has 0 unspecified atom stereocenters. The average molecular weight is 406 g/mol. The molecule has 2 rings (SSSR count). The molecule has 25 heavy (non-hydrogen) atoms. The number of halogens is 1. The molecule has 0 saturated heterocycles. The molecule has 1 N–H and O–H groups in total. The molecule has 0 spiro atoms. The number of hydrogen-bond acceptors (Lipinski definition) is 4. The summed E-state index contributed by atoms with van der Waals surface area (Å²) in [6.07, 6.45) is 0.0551. The van der Waals surface area contributed by atoms with Crippen LogP contribution in [0.3, 0.4) is 0 Å². The van der Waals surface area contributed by atoms with Crippen LogP contribution in [-0.4, -0.2) is 25.6 Å². The Hall–Kier alpha value is -2.34. The van der Waals surface area contributed by atoms with Gasteiger partial charge in [0.2, 0.25) is 0 Å². The highest BCUT2D eigenvalue weighted by Gasteiger charge is 2.13. The molecule has 132 valence electrons. The van der Waals surface area contributed by atoms with Crippen LogP contribution in [0, 0.1) is 0 Å². The fourth-order valence-corrected chi connectivity index (χ4v) is 2.58. The molecule has 0 fully saturated rings. The van der Waals surface area contributed by atoms with Gasteiger partial charge in [-0.15, -0.1) is 0 Å². The van der Waals surface area contributed by atoms with Gasteiger partial charge in [-0.3, -0.25) is 9.59 Å². The molecule has 0 aromatic heterocycles. The number of esters is 1. The zero-order valence-corrected chi connectivity index (χ0v) is 15.7. The number of benzene rings is 2. The summed E-state index contributed by atoms with van der Waals surface area (Å²) in [5.74, 6) is -0.201. The van der Waals surface area contributed by atoms with E-state index >= 15 is 0 Å². The van der Waals surface area contributed by atoms with E-state index in [4.69, 9.17) is 9.47 Å². The Kier molecular flexibility index (Phi) is 7.01. The van der Waals surface area contributed by atoms with Gasteiger partial charge in [0.25, 0.3) is 5.91 Å². The van der Waals surface area contributed by atoms with Crippen molar-refractivity contribution in [2.24, 2.45) is 0 Å². The maximum absolute atomic E-state index is 12.0. The molecule has 0 saturated carbocycles. The van der Waals surface area contributed by atoms with E-state index in [0.717, 1.165) is 15.6 Å². The molecule has 6 heteroatoms. The monoisotopic (exact) mass is 405 g/mol. The summed E-state index contributed by atoms with van der Waals surface area (Å²) in [7, 11) is 1.54. The third-order valence-electron chi connectivity index (χ3n) is 3.64. The first-order valence-corrected chi connectivity index (χ1v) is 8.61. The number of hydrogen-bond donors (Lipinski definition) is 1. The molecule has 1 atom stereocenters. The van der Waals surface area contributed by atoms with Gasteiger partial charge >= 0.3 is 5.97 Å². The van der Waals surface area contributed by atoms with Crippen molar-refractivity contribution >= 4 is 27.8 Å². The second-order valence-electron chi connectivity index (χ2n) is 5.49. The van der Waals surface area contributed by atoms with Crippen LogP contribution >= 0.6 is 15.9 Å². The Labute approximate surface area is 155 Å². The van der Waals surface area contributed by atoms with Crippen LogP contribution in [0.2, 0.25) is 0 Å². The highest BCUT2D eigenvalue weighted by atomic mass is 79.9. The predicted octanol–water partition coefficient (Wildman–Crippen LogP) is 3.42. The third-order valence-corrected chi connectivity index (χ3v) is 4.17. The van der Waals surface area contributed by atoms with E-state index in [0.29, 0.717) is 5.75 Å². The smallest absolute Gasteiger partial charge is 0.310 e. The summed E-state index contributed by atoms with van der Waals surface area (Å²) >= 11 is 3.37. The lowest BCUT2D eigenvalue weighted by atomic mass is 10.1. The first-order valence-electron chi connectivity index (χ1n) is 7.82. The molecule has 1 amide bonds. The first kappa shape index (κ1) is 19.0. The molecule has 0 bridgehead atoms. The van der Waals surface area contributed by atoms with Crippen LogP contribution in [0.4, 0.5) is 0 Å². The summed E-state index contributed by atoms with van der Waals surface area (Å²) in [5.41, 5.74) is 1.69. The number of para-hydroxylation sites is 1. The van der Waals surface area contributed by atoms with Crippen molar-refractivity contribution in [1.29, 1.82) is 0 Å². The van der Waals surface area contributed by atoms with Crippen LogP contribution in [0.5, 0.6) is 5.75 Å². The van der Waals surface area contributed by atoms with Gasteiger partial charge in [-0.2, -0.15) is 0 Å². The Balaban J connectivity index is 1.81. The molecule has 0 aliphatic heterocycles. The van der Waals surface area contributed by atoms with Gasteiger partial charge < -0.3 is 14.8 Å². The largest absolute Gasteiger partial charge is 0.496 e. The van der Waals surface area contributed by atoms with Gasteiger partial charge in [-0.05, 0) is 30.7 Å². The van der Waals surface area contributed by atoms with Crippen molar-refractivity contribution < 1.29 is 19.1 Å². The van der Waals surface area contributed by atoms with Crippen LogP contribution in [0.25, 0.3) is 0 Å². The third kappa shape index (κ3) is 5.90. The molecular formula is C19H20BrNO4. The van der Waals surface area contributed by atoms with Crippen LogP contribution in [-0.2, 0) is 20.7 Å². The lowest BCUT2D eigenvalue weighted by molar-refractivity contribution is -0.148. The minimum absolute atomic E-state index is 0.0551. The summed E-state index contributed by atoms with van der Waals surface area (Å²) in [4.78, 5) is 23.9. The Bertz CT molecular complexity index is 730. The van der Waals surface area contributed by atoms with E-state index in [2.05, 4.69) is 21.2 Å². The number of rotatable bonds is 7. The fraction of sp³-hybridized carbons (Fsp3) is 0.263. The van der Waals surface area contributed by atoms with E-state index in [1.54, 1.807) is 19.2 Å². The summed E-state index contributed by atoms with van der Waals surface area (Å²) in [5, 5.41) is 2.80. The van der Waals surface area contributed by atoms with Gasteiger partial charge in [0.05, 0.1) is 19.6 Å². The summed E-state index contributed by atoms with van der Waals surface area (Å²) in [6, 6.07) is 14.7. The number of carbonyl (C=O) groups is 2. The lowest BCUT2D eigenvalue weighted by Gasteiger charge is -2.14. The van der Waals surface area contributed by atoms with Gasteiger partial charge in [0, 0.05) is 10.0 Å². The minimum Gasteiger partial charge on any atom is -0.496 e. The second kappa shape index (κ2) is 9.22. The second-order valence-corrected chi connectivity index (χ2v) is 6.41. The number of carbonyl (C=O) groups excluding carboxylic acids is 2. The van der Waals surface area contributed by atoms with Crippen LogP contribution in [0.15, 0.2) is 53.0 Å². The summed E-state index contributed by atoms with van der Waals surface area (Å²) < 4.78 is 11.2. The Morgan fingerprint density at radius 2 is 1.80 bits per heavy atom. The molecule has 2 aromatic carbocycles. The van der Waals surface area contributed by atoms with Crippen LogP contribution in [0.1, 0.15) is 24.1 Å². The summed E-state index contributed by atoms with van der Waals surface area (Å²) in [6.45, 7) is 1.56. The zero-order valence-electron chi connectivity index (χ0n) is 14.1. The maximum Gasteiger partial charge on any atom is 0.310 e. The quantitative estimate of drug-likeness (QED) is 0.716. The van der Waals surface area contributed by atoms with E-state index in [1.807, 2.05) is 43.3 Å². The van der Waals surface area contributed by atoms with Gasteiger partial charge in [-0.25, -0.2) is 0 Å². The average Bonchev–Trinajstić information content (AvgIpc) is 2.61. The highest BCUT2D eigenvalue weighted by Crippen LogP contribution is 2.18. The molecule has 0 aliphatic rings. The van der Waals surface area contributed by atoms with Gasteiger partial charge in [0.1, 0.15) is 5.75 Å². The predicted molar refractivity (Wildman–Crippen MR) is 98.4 cm³/mol. The molecule has 2 aromatic rings. The molecule has 0 aliphatic carbocycles. The minimum atomic E-state index is -0.476. The van der Waals surface area contributed by atoms with Crippen molar-refractivity contribution in [3.63, 3.8) is 0 Å². The number of methoxy groups -OCH3 is 1. The Morgan fingerprint density at radius 3 is 2.48 bits per heavy atom. The van der Waals surface area contributed by atoms with Crippen LogP contribution < -0.4 is 10.1 Å². The van der Waals surface area contributed by atoms with Gasteiger partial charge in [0.15, 0.2) is 6.61 Å². The van der Waals surface area contributed by atoms with Crippen molar-refractivity contribution in [1.82, 2.24) is 5.32 Å². The van der Waals surface area contributed by atoms with E-state index in [-0.39, 0.29) is 25.0 Å². The Morgan fingerprint density at radius 1 is 1.12 bits per heavy atom. The van der Waals surface area contributed by atoms with Crippen molar-refractivity contribution in [2.75, 3.05) is 13.7 Å². The standard InChI is InChI=1S/C19H20BrNO4/c1-13(14-7-9-16(20)10-8-14)21-18(22)12-25-19(23)11-15-5-3-4-6-17(15)24-2/h3-10,13H,11-12H2,1-2H3,(H,21,22)/t13-/m1/s1. The number of amides is 1. The number of ether oxygens (including phenoxy) is 2. The van der Waals surface area contributed by atoms with E-state index in [9.17, 15) is 9.59 Å². The topological polar surface area (TPSA) is 64.6 Å². The van der Waals surface area contributed by atoms with Crippen molar-refractivity contribution in [3.05, 3.63) is 64.1 Å². The molecule has 0 radical (unpaired) electrons. The normalized spacial score (nSPS) is 11.5. The molecular weight excluding hydrogens is 386 g/mol. The number of nitrogens with one attached hydrogen (secondary N) is 1. The lowest BCUT2D eigenvalue weighted by Crippen LogP contribution is -2.31. The highest BCUT2D eigenvalue weighted by molar-refractivity contribution is 9.10. The van der Waals surface area contributed by atoms with Gasteiger partial charge in [-0.1, -0.05) is 46.3 Å². The fourth-order valence-electron chi connectivity index (χ4n) is 2.32. The molecule has 0 heterocycles. The first-order chi connectivity index (χ1) is 12.0. The molecule has 5 nitrogen and oxygen atoms in total. The van der Waals surface area contributed by atoms with E-state index in [1.165, 1.54) is 0 Å². The SMILES string of the molecule is COc1ccccc1CC(=O)OCC(=O)N[C@H](C)c1ccc(Br)cc1. The van der Waals surface area contributed by atoms with Crippen molar-refractivity contribution in [3.8, 4) is 5.75 Å². The van der Waals surface area contributed by atoms with Crippen molar-refractivity contribution in [2.45, 2.75) is 19.4 Å². The van der Waals surface area contributed by atoms with E-state index < -0.39 is 5.97 Å².